The summed E-state index contributed by atoms with van der Waals surface area (Å²) in [5.41, 5.74) is 7.10. The van der Waals surface area contributed by atoms with E-state index in [2.05, 4.69) is 22.1 Å². The van der Waals surface area contributed by atoms with Gasteiger partial charge in [-0.1, -0.05) is 0 Å². The van der Waals surface area contributed by atoms with Crippen molar-refractivity contribution in [2.24, 2.45) is 5.73 Å². The van der Waals surface area contributed by atoms with Gasteiger partial charge in [0.25, 0.3) is 5.91 Å². The lowest BCUT2D eigenvalue weighted by molar-refractivity contribution is 0.0283. The molecular weight excluding hydrogens is 256 g/mol. The molecule has 0 saturated carbocycles. The van der Waals surface area contributed by atoms with Crippen LogP contribution >= 0.6 is 0 Å². The van der Waals surface area contributed by atoms with Gasteiger partial charge in [-0.05, 0) is 26.0 Å². The second kappa shape index (κ2) is 6.67. The van der Waals surface area contributed by atoms with Gasteiger partial charge in [-0.15, -0.1) is 0 Å². The number of pyridine rings is 1. The standard InChI is InChI=1S/C14H22N4O2/c1-3-16-14(19)13-6-11(4-5-17-13)18-8-12(7-15)20-9-10(18)2/h4-6,10,12H,3,7-9,15H2,1-2H3,(H,16,19). The second-order valence-electron chi connectivity index (χ2n) is 4.95. The number of amides is 1. The molecule has 1 aromatic rings. The monoisotopic (exact) mass is 278 g/mol. The van der Waals surface area contributed by atoms with Crippen LogP contribution in [0.3, 0.4) is 0 Å². The van der Waals surface area contributed by atoms with Crippen LogP contribution in [0, 0.1) is 0 Å². The lowest BCUT2D eigenvalue weighted by Crippen LogP contribution is -2.50. The highest BCUT2D eigenvalue weighted by atomic mass is 16.5. The molecule has 1 aliphatic rings. The second-order valence-corrected chi connectivity index (χ2v) is 4.95. The Labute approximate surface area is 119 Å². The molecule has 3 N–H and O–H groups in total. The largest absolute Gasteiger partial charge is 0.373 e. The fourth-order valence-corrected chi connectivity index (χ4v) is 2.29. The third-order valence-corrected chi connectivity index (χ3v) is 3.41. The van der Waals surface area contributed by atoms with E-state index in [1.165, 1.54) is 0 Å². The van der Waals surface area contributed by atoms with Gasteiger partial charge in [0, 0.05) is 37.6 Å². The molecule has 1 aliphatic heterocycles. The van der Waals surface area contributed by atoms with E-state index in [9.17, 15) is 4.79 Å². The Morgan fingerprint density at radius 3 is 3.15 bits per heavy atom. The molecule has 2 rings (SSSR count). The van der Waals surface area contributed by atoms with Crippen molar-refractivity contribution in [1.82, 2.24) is 10.3 Å². The van der Waals surface area contributed by atoms with Crippen LogP contribution in [-0.2, 0) is 4.74 Å². The summed E-state index contributed by atoms with van der Waals surface area (Å²) >= 11 is 0. The summed E-state index contributed by atoms with van der Waals surface area (Å²) in [5.74, 6) is -0.148. The third-order valence-electron chi connectivity index (χ3n) is 3.41. The maximum absolute atomic E-state index is 11.8. The summed E-state index contributed by atoms with van der Waals surface area (Å²) in [7, 11) is 0. The minimum atomic E-state index is -0.148. The third kappa shape index (κ3) is 3.26. The van der Waals surface area contributed by atoms with E-state index in [0.29, 0.717) is 25.4 Å². The normalized spacial score (nSPS) is 22.6. The molecule has 6 nitrogen and oxygen atoms in total. The highest BCUT2D eigenvalue weighted by Crippen LogP contribution is 2.21. The Morgan fingerprint density at radius 1 is 1.65 bits per heavy atom. The molecule has 0 bridgehead atoms. The first kappa shape index (κ1) is 14.7. The van der Waals surface area contributed by atoms with E-state index in [-0.39, 0.29) is 18.1 Å². The molecule has 0 aliphatic carbocycles. The molecule has 2 heterocycles. The van der Waals surface area contributed by atoms with Crippen LogP contribution in [0.1, 0.15) is 24.3 Å². The van der Waals surface area contributed by atoms with Gasteiger partial charge in [0.05, 0.1) is 12.7 Å². The summed E-state index contributed by atoms with van der Waals surface area (Å²) in [6, 6.07) is 3.99. The van der Waals surface area contributed by atoms with Crippen LogP contribution < -0.4 is 16.0 Å². The number of nitrogens with two attached hydrogens (primary N) is 1. The predicted octanol–water partition coefficient (Wildman–Crippen LogP) is 0.384. The van der Waals surface area contributed by atoms with Crippen LogP contribution in [0.5, 0.6) is 0 Å². The van der Waals surface area contributed by atoms with Gasteiger partial charge >= 0.3 is 0 Å². The van der Waals surface area contributed by atoms with E-state index in [4.69, 9.17) is 10.5 Å². The number of nitrogens with zero attached hydrogens (tertiary/aromatic N) is 2. The summed E-state index contributed by atoms with van der Waals surface area (Å²) < 4.78 is 5.65. The molecule has 1 saturated heterocycles. The molecule has 2 unspecified atom stereocenters. The Kier molecular flexibility index (Phi) is 4.92. The number of carbonyl (C=O) groups is 1. The first-order valence-corrected chi connectivity index (χ1v) is 6.98. The fourth-order valence-electron chi connectivity index (χ4n) is 2.29. The lowest BCUT2D eigenvalue weighted by Gasteiger charge is -2.39. The minimum absolute atomic E-state index is 0.0345. The number of hydrogen-bond donors (Lipinski definition) is 2. The van der Waals surface area contributed by atoms with Crippen LogP contribution in [0.2, 0.25) is 0 Å². The molecule has 0 spiro atoms. The Balaban J connectivity index is 2.18. The van der Waals surface area contributed by atoms with Crippen LogP contribution in [-0.4, -0.2) is 49.3 Å². The number of ether oxygens (including phenoxy) is 1. The lowest BCUT2D eigenvalue weighted by atomic mass is 10.1. The molecule has 1 amide bonds. The minimum Gasteiger partial charge on any atom is -0.373 e. The molecule has 0 radical (unpaired) electrons. The van der Waals surface area contributed by atoms with Crippen molar-refractivity contribution in [2.45, 2.75) is 26.0 Å². The smallest absolute Gasteiger partial charge is 0.269 e. The fraction of sp³-hybridized carbons (Fsp3) is 0.571. The molecule has 2 atom stereocenters. The topological polar surface area (TPSA) is 80.5 Å². The van der Waals surface area contributed by atoms with Gasteiger partial charge in [-0.2, -0.15) is 0 Å². The first-order chi connectivity index (χ1) is 9.65. The SMILES string of the molecule is CCNC(=O)c1cc(N2CC(CN)OCC2C)ccn1. The van der Waals surface area contributed by atoms with Crippen molar-refractivity contribution in [3.8, 4) is 0 Å². The maximum atomic E-state index is 11.8. The molecular formula is C14H22N4O2. The van der Waals surface area contributed by atoms with Crippen molar-refractivity contribution < 1.29 is 9.53 Å². The first-order valence-electron chi connectivity index (χ1n) is 6.98. The van der Waals surface area contributed by atoms with Crippen LogP contribution in [0.25, 0.3) is 0 Å². The highest BCUT2D eigenvalue weighted by molar-refractivity contribution is 5.93. The molecule has 20 heavy (non-hydrogen) atoms. The average molecular weight is 278 g/mol. The molecule has 0 aromatic carbocycles. The number of rotatable bonds is 4. The zero-order valence-corrected chi connectivity index (χ0v) is 12.0. The van der Waals surface area contributed by atoms with Crippen molar-refractivity contribution >= 4 is 11.6 Å². The zero-order chi connectivity index (χ0) is 14.5. The van der Waals surface area contributed by atoms with E-state index in [1.54, 1.807) is 6.20 Å². The van der Waals surface area contributed by atoms with Gasteiger partial charge in [-0.25, -0.2) is 0 Å². The average Bonchev–Trinajstić information content (AvgIpc) is 2.48. The molecule has 1 aromatic heterocycles. The number of nitrogens with one attached hydrogen (secondary N) is 1. The summed E-state index contributed by atoms with van der Waals surface area (Å²) in [6.45, 7) is 6.44. The number of aromatic nitrogens is 1. The summed E-state index contributed by atoms with van der Waals surface area (Å²) in [6.07, 6.45) is 1.70. The predicted molar refractivity (Wildman–Crippen MR) is 77.8 cm³/mol. The number of morpholine rings is 1. The van der Waals surface area contributed by atoms with Gasteiger partial charge in [0.15, 0.2) is 0 Å². The summed E-state index contributed by atoms with van der Waals surface area (Å²) in [5, 5.41) is 2.76. The Hall–Kier alpha value is -1.66. The van der Waals surface area contributed by atoms with Crippen molar-refractivity contribution in [3.63, 3.8) is 0 Å². The molecule has 110 valence electrons. The van der Waals surface area contributed by atoms with Crippen molar-refractivity contribution in [1.29, 1.82) is 0 Å². The van der Waals surface area contributed by atoms with E-state index < -0.39 is 0 Å². The highest BCUT2D eigenvalue weighted by Gasteiger charge is 2.26. The summed E-state index contributed by atoms with van der Waals surface area (Å²) in [4.78, 5) is 18.2. The van der Waals surface area contributed by atoms with E-state index in [1.807, 2.05) is 19.1 Å². The van der Waals surface area contributed by atoms with Gasteiger partial charge in [0.1, 0.15) is 5.69 Å². The number of anilines is 1. The maximum Gasteiger partial charge on any atom is 0.269 e. The van der Waals surface area contributed by atoms with Gasteiger partial charge < -0.3 is 20.7 Å². The Morgan fingerprint density at radius 2 is 2.45 bits per heavy atom. The molecule has 1 fully saturated rings. The number of hydrogen-bond acceptors (Lipinski definition) is 5. The van der Waals surface area contributed by atoms with Crippen LogP contribution in [0.15, 0.2) is 18.3 Å². The molecule has 6 heteroatoms. The quantitative estimate of drug-likeness (QED) is 0.832. The van der Waals surface area contributed by atoms with E-state index in [0.717, 1.165) is 12.2 Å². The van der Waals surface area contributed by atoms with Crippen molar-refractivity contribution in [2.75, 3.05) is 31.1 Å². The number of carbonyl (C=O) groups excluding carboxylic acids is 1. The Bertz CT molecular complexity index is 466. The van der Waals surface area contributed by atoms with Crippen LogP contribution in [0.4, 0.5) is 5.69 Å². The van der Waals surface area contributed by atoms with Crippen molar-refractivity contribution in [3.05, 3.63) is 24.0 Å². The van der Waals surface area contributed by atoms with E-state index >= 15 is 0 Å². The van der Waals surface area contributed by atoms with Gasteiger partial charge in [-0.3, -0.25) is 9.78 Å². The zero-order valence-electron chi connectivity index (χ0n) is 12.0. The van der Waals surface area contributed by atoms with Gasteiger partial charge in [0.2, 0.25) is 0 Å².